The maximum Gasteiger partial charge on any atom is 0.237 e. The van der Waals surface area contributed by atoms with Crippen molar-refractivity contribution in [3.05, 3.63) is 0 Å². The average molecular weight is 212 g/mol. The number of hydrogen-bond acceptors (Lipinski definition) is 2. The van der Waals surface area contributed by atoms with Crippen LogP contribution in [0.3, 0.4) is 0 Å². The van der Waals surface area contributed by atoms with Gasteiger partial charge in [-0.15, -0.1) is 0 Å². The smallest absolute Gasteiger partial charge is 0.237 e. The molecule has 3 unspecified atom stereocenters. The molecule has 0 aromatic rings. The van der Waals surface area contributed by atoms with Crippen LogP contribution in [-0.2, 0) is 4.79 Å². The van der Waals surface area contributed by atoms with Gasteiger partial charge in [0.2, 0.25) is 5.91 Å². The van der Waals surface area contributed by atoms with E-state index in [0.717, 1.165) is 13.0 Å². The second-order valence-electron chi connectivity index (χ2n) is 5.79. The highest BCUT2D eigenvalue weighted by atomic mass is 16.2. The summed E-state index contributed by atoms with van der Waals surface area (Å²) in [7, 11) is 0. The van der Waals surface area contributed by atoms with Crippen molar-refractivity contribution in [2.24, 2.45) is 11.3 Å². The zero-order valence-corrected chi connectivity index (χ0v) is 10.6. The predicted octanol–water partition coefficient (Wildman–Crippen LogP) is 1.54. The van der Waals surface area contributed by atoms with Crippen LogP contribution >= 0.6 is 0 Å². The first-order valence-corrected chi connectivity index (χ1v) is 5.86. The van der Waals surface area contributed by atoms with E-state index in [1.807, 2.05) is 0 Å². The van der Waals surface area contributed by atoms with E-state index in [4.69, 9.17) is 0 Å². The van der Waals surface area contributed by atoms with Gasteiger partial charge in [0.1, 0.15) is 0 Å². The Morgan fingerprint density at radius 3 is 2.47 bits per heavy atom. The molecule has 1 saturated heterocycles. The van der Waals surface area contributed by atoms with Gasteiger partial charge in [-0.3, -0.25) is 4.79 Å². The van der Waals surface area contributed by atoms with Crippen molar-refractivity contribution >= 4 is 5.91 Å². The molecule has 0 spiro atoms. The van der Waals surface area contributed by atoms with E-state index in [1.54, 1.807) is 0 Å². The summed E-state index contributed by atoms with van der Waals surface area (Å²) in [6.07, 6.45) is 1.10. The number of amides is 1. The SMILES string of the molecule is CC1CCNC1C(=O)NC(C)C(C)(C)C. The minimum Gasteiger partial charge on any atom is -0.352 e. The van der Waals surface area contributed by atoms with E-state index < -0.39 is 0 Å². The Labute approximate surface area is 93.0 Å². The molecule has 3 nitrogen and oxygen atoms in total. The van der Waals surface area contributed by atoms with Crippen LogP contribution in [-0.4, -0.2) is 24.5 Å². The Bertz CT molecular complexity index is 232. The lowest BCUT2D eigenvalue weighted by atomic mass is 9.87. The van der Waals surface area contributed by atoms with Crippen LogP contribution in [0.1, 0.15) is 41.0 Å². The second-order valence-corrected chi connectivity index (χ2v) is 5.79. The van der Waals surface area contributed by atoms with Crippen LogP contribution < -0.4 is 10.6 Å². The highest BCUT2D eigenvalue weighted by molar-refractivity contribution is 5.82. The van der Waals surface area contributed by atoms with E-state index in [1.165, 1.54) is 0 Å². The largest absolute Gasteiger partial charge is 0.352 e. The van der Waals surface area contributed by atoms with Crippen LogP contribution in [0.25, 0.3) is 0 Å². The molecule has 0 aromatic heterocycles. The third-order valence-electron chi connectivity index (χ3n) is 3.47. The average Bonchev–Trinajstić information content (AvgIpc) is 2.49. The van der Waals surface area contributed by atoms with Gasteiger partial charge in [0.25, 0.3) is 0 Å². The summed E-state index contributed by atoms with van der Waals surface area (Å²) < 4.78 is 0. The quantitative estimate of drug-likeness (QED) is 0.729. The van der Waals surface area contributed by atoms with Gasteiger partial charge >= 0.3 is 0 Å². The summed E-state index contributed by atoms with van der Waals surface area (Å²) in [5, 5.41) is 6.34. The van der Waals surface area contributed by atoms with Gasteiger partial charge in [-0.1, -0.05) is 27.7 Å². The van der Waals surface area contributed by atoms with Crippen molar-refractivity contribution in [3.8, 4) is 0 Å². The summed E-state index contributed by atoms with van der Waals surface area (Å²) in [6.45, 7) is 11.6. The first-order chi connectivity index (χ1) is 6.82. The van der Waals surface area contributed by atoms with E-state index in [-0.39, 0.29) is 23.4 Å². The molecular formula is C12H24N2O. The van der Waals surface area contributed by atoms with Crippen molar-refractivity contribution < 1.29 is 4.79 Å². The predicted molar refractivity (Wildman–Crippen MR) is 62.6 cm³/mol. The molecule has 15 heavy (non-hydrogen) atoms. The summed E-state index contributed by atoms with van der Waals surface area (Å²) in [5.41, 5.74) is 0.123. The number of carbonyl (C=O) groups is 1. The Morgan fingerprint density at radius 1 is 1.47 bits per heavy atom. The third-order valence-corrected chi connectivity index (χ3v) is 3.47. The monoisotopic (exact) mass is 212 g/mol. The van der Waals surface area contributed by atoms with Crippen molar-refractivity contribution in [3.63, 3.8) is 0 Å². The van der Waals surface area contributed by atoms with Gasteiger partial charge in [0, 0.05) is 6.04 Å². The topological polar surface area (TPSA) is 41.1 Å². The molecule has 1 aliphatic rings. The normalized spacial score (nSPS) is 28.9. The minimum atomic E-state index is 0.00907. The molecule has 1 amide bonds. The summed E-state index contributed by atoms with van der Waals surface area (Å²) in [6, 6.07) is 0.217. The molecule has 1 rings (SSSR count). The van der Waals surface area contributed by atoms with Crippen LogP contribution in [0.4, 0.5) is 0 Å². The lowest BCUT2D eigenvalue weighted by molar-refractivity contribution is -0.124. The molecule has 1 aliphatic heterocycles. The maximum atomic E-state index is 11.9. The second kappa shape index (κ2) is 4.52. The summed E-state index contributed by atoms with van der Waals surface area (Å²) in [5.74, 6) is 0.611. The molecule has 0 saturated carbocycles. The lowest BCUT2D eigenvalue weighted by Gasteiger charge is -2.29. The van der Waals surface area contributed by atoms with Crippen molar-refractivity contribution in [1.82, 2.24) is 10.6 Å². The Balaban J connectivity index is 2.48. The van der Waals surface area contributed by atoms with Gasteiger partial charge < -0.3 is 10.6 Å². The zero-order chi connectivity index (χ0) is 11.6. The fourth-order valence-electron chi connectivity index (χ4n) is 1.71. The van der Waals surface area contributed by atoms with Crippen LogP contribution in [0.2, 0.25) is 0 Å². The van der Waals surface area contributed by atoms with Gasteiger partial charge in [-0.25, -0.2) is 0 Å². The highest BCUT2D eigenvalue weighted by Gasteiger charge is 2.31. The highest BCUT2D eigenvalue weighted by Crippen LogP contribution is 2.20. The van der Waals surface area contributed by atoms with Gasteiger partial charge in [0.15, 0.2) is 0 Å². The van der Waals surface area contributed by atoms with Crippen LogP contribution in [0.15, 0.2) is 0 Å². The van der Waals surface area contributed by atoms with E-state index in [9.17, 15) is 4.79 Å². The molecule has 0 bridgehead atoms. The molecule has 88 valence electrons. The van der Waals surface area contributed by atoms with E-state index >= 15 is 0 Å². The van der Waals surface area contributed by atoms with Crippen molar-refractivity contribution in [1.29, 1.82) is 0 Å². The lowest BCUT2D eigenvalue weighted by Crippen LogP contribution is -2.50. The first-order valence-electron chi connectivity index (χ1n) is 5.86. The number of hydrogen-bond donors (Lipinski definition) is 2. The minimum absolute atomic E-state index is 0.00907. The first kappa shape index (κ1) is 12.5. The molecular weight excluding hydrogens is 188 g/mol. The molecule has 0 aromatic carbocycles. The summed E-state index contributed by atoms with van der Waals surface area (Å²) in [4.78, 5) is 11.9. The van der Waals surface area contributed by atoms with Crippen LogP contribution in [0.5, 0.6) is 0 Å². The fraction of sp³-hybridized carbons (Fsp3) is 0.917. The molecule has 0 aliphatic carbocycles. The number of rotatable bonds is 2. The Kier molecular flexibility index (Phi) is 3.77. The number of nitrogens with one attached hydrogen (secondary N) is 2. The molecule has 0 radical (unpaired) electrons. The van der Waals surface area contributed by atoms with Crippen molar-refractivity contribution in [2.75, 3.05) is 6.54 Å². The van der Waals surface area contributed by atoms with Crippen molar-refractivity contribution in [2.45, 2.75) is 53.1 Å². The van der Waals surface area contributed by atoms with Crippen LogP contribution in [0, 0.1) is 11.3 Å². The Hall–Kier alpha value is -0.570. The molecule has 3 atom stereocenters. The standard InChI is InChI=1S/C12H24N2O/c1-8-6-7-13-10(8)11(15)14-9(2)12(3,4)5/h8-10,13H,6-7H2,1-5H3,(H,14,15). The molecule has 1 heterocycles. The van der Waals surface area contributed by atoms with E-state index in [2.05, 4.69) is 45.3 Å². The summed E-state index contributed by atoms with van der Waals surface area (Å²) >= 11 is 0. The van der Waals surface area contributed by atoms with E-state index in [0.29, 0.717) is 5.92 Å². The maximum absolute atomic E-state index is 11.9. The van der Waals surface area contributed by atoms with Gasteiger partial charge in [0.05, 0.1) is 6.04 Å². The fourth-order valence-corrected chi connectivity index (χ4v) is 1.71. The molecule has 2 N–H and O–H groups in total. The molecule has 3 heteroatoms. The molecule has 1 fully saturated rings. The van der Waals surface area contributed by atoms with Gasteiger partial charge in [-0.05, 0) is 31.2 Å². The van der Waals surface area contributed by atoms with Gasteiger partial charge in [-0.2, -0.15) is 0 Å². The number of carbonyl (C=O) groups excluding carboxylic acids is 1. The Morgan fingerprint density at radius 2 is 2.07 bits per heavy atom. The zero-order valence-electron chi connectivity index (χ0n) is 10.6. The third kappa shape index (κ3) is 3.20.